The third kappa shape index (κ3) is 4.41. The Hall–Kier alpha value is -0.380. The van der Waals surface area contributed by atoms with Crippen molar-refractivity contribution in [2.24, 2.45) is 0 Å². The molecule has 0 aliphatic heterocycles. The molecule has 0 saturated carbocycles. The molecule has 0 amide bonds. The smallest absolute Gasteiger partial charge is 0.162 e. The summed E-state index contributed by atoms with van der Waals surface area (Å²) in [6.45, 7) is 5.88. The number of carbonyl (C=O) groups is 1. The van der Waals surface area contributed by atoms with E-state index >= 15 is 0 Å². The van der Waals surface area contributed by atoms with Crippen molar-refractivity contribution in [3.05, 3.63) is 33.4 Å². The van der Waals surface area contributed by atoms with Crippen molar-refractivity contribution in [2.45, 2.75) is 27.2 Å². The van der Waals surface area contributed by atoms with Crippen LogP contribution in [0.2, 0.25) is 0 Å². The quantitative estimate of drug-likeness (QED) is 0.596. The van der Waals surface area contributed by atoms with Crippen molar-refractivity contribution in [2.75, 3.05) is 0 Å². The minimum Gasteiger partial charge on any atom is -0.294 e. The molecule has 0 aromatic heterocycles. The maximum atomic E-state index is 11.1. The summed E-state index contributed by atoms with van der Waals surface area (Å²) >= 11 is 2.22. The van der Waals surface area contributed by atoms with Crippen LogP contribution in [-0.2, 0) is 0 Å². The second-order valence-electron chi connectivity index (χ2n) is 2.28. The van der Waals surface area contributed by atoms with E-state index in [2.05, 4.69) is 22.6 Å². The topological polar surface area (TPSA) is 17.1 Å². The lowest BCUT2D eigenvalue weighted by molar-refractivity contribution is 0.0988. The van der Waals surface area contributed by atoms with Crippen LogP contribution < -0.4 is 0 Å². The normalized spacial score (nSPS) is 8.62. The number of hydrogen-bond donors (Lipinski definition) is 0. The van der Waals surface area contributed by atoms with Gasteiger partial charge in [0, 0.05) is 15.6 Å². The lowest BCUT2D eigenvalue weighted by Crippen LogP contribution is -1.95. The van der Waals surface area contributed by atoms with E-state index < -0.39 is 0 Å². The number of Topliss-reactive ketones (excluding diaryl/α,β-unsaturated/α-hetero) is 1. The number of halogens is 1. The zero-order valence-electron chi connectivity index (χ0n) is 8.30. The van der Waals surface area contributed by atoms with E-state index in [-0.39, 0.29) is 5.78 Å². The van der Waals surface area contributed by atoms with Crippen LogP contribution in [0.15, 0.2) is 24.3 Å². The number of hydrogen-bond acceptors (Lipinski definition) is 1. The standard InChI is InChI=1S/C9H9IO.C2H6/c1-2-9(11)7-3-5-8(10)6-4-7;1-2/h3-6H,2H2,1H3;1-2H3. The maximum absolute atomic E-state index is 11.1. The molecule has 13 heavy (non-hydrogen) atoms. The third-order valence-corrected chi connectivity index (χ3v) is 2.21. The Labute approximate surface area is 93.7 Å². The molecule has 1 nitrogen and oxygen atoms in total. The molecule has 0 atom stereocenters. The third-order valence-electron chi connectivity index (χ3n) is 1.49. The van der Waals surface area contributed by atoms with Crippen LogP contribution in [0.1, 0.15) is 37.6 Å². The summed E-state index contributed by atoms with van der Waals surface area (Å²) in [7, 11) is 0. The molecule has 0 aliphatic rings. The SMILES string of the molecule is CC.CCC(=O)c1ccc(I)cc1. The van der Waals surface area contributed by atoms with Gasteiger partial charge in [0.05, 0.1) is 0 Å². The van der Waals surface area contributed by atoms with Crippen LogP contribution in [0.3, 0.4) is 0 Å². The summed E-state index contributed by atoms with van der Waals surface area (Å²) in [5.74, 6) is 0.210. The predicted molar refractivity (Wildman–Crippen MR) is 65.1 cm³/mol. The van der Waals surface area contributed by atoms with E-state index in [0.29, 0.717) is 6.42 Å². The van der Waals surface area contributed by atoms with Gasteiger partial charge in [-0.15, -0.1) is 0 Å². The van der Waals surface area contributed by atoms with Gasteiger partial charge in [-0.2, -0.15) is 0 Å². The molecular weight excluding hydrogens is 275 g/mol. The van der Waals surface area contributed by atoms with Crippen molar-refractivity contribution in [3.63, 3.8) is 0 Å². The Balaban J connectivity index is 0.000000671. The molecule has 0 N–H and O–H groups in total. The number of rotatable bonds is 2. The Morgan fingerprint density at radius 3 is 2.08 bits per heavy atom. The second-order valence-corrected chi connectivity index (χ2v) is 3.53. The van der Waals surface area contributed by atoms with Crippen molar-refractivity contribution in [1.82, 2.24) is 0 Å². The molecular formula is C11H15IO. The van der Waals surface area contributed by atoms with E-state index in [1.807, 2.05) is 45.0 Å². The molecule has 1 aromatic rings. The maximum Gasteiger partial charge on any atom is 0.162 e. The molecule has 1 rings (SSSR count). The molecule has 0 radical (unpaired) electrons. The first-order valence-electron chi connectivity index (χ1n) is 4.53. The van der Waals surface area contributed by atoms with Crippen LogP contribution in [0.5, 0.6) is 0 Å². The van der Waals surface area contributed by atoms with Gasteiger partial charge in [-0.1, -0.05) is 32.9 Å². The molecule has 0 fully saturated rings. The summed E-state index contributed by atoms with van der Waals surface area (Å²) in [4.78, 5) is 11.1. The van der Waals surface area contributed by atoms with Gasteiger partial charge in [-0.25, -0.2) is 0 Å². The molecule has 2 heteroatoms. The van der Waals surface area contributed by atoms with E-state index in [9.17, 15) is 4.79 Å². The van der Waals surface area contributed by atoms with Crippen molar-refractivity contribution in [1.29, 1.82) is 0 Å². The summed E-state index contributed by atoms with van der Waals surface area (Å²) in [5.41, 5.74) is 0.813. The van der Waals surface area contributed by atoms with Crippen LogP contribution in [0, 0.1) is 3.57 Å². The Morgan fingerprint density at radius 1 is 1.23 bits per heavy atom. The van der Waals surface area contributed by atoms with Crippen LogP contribution in [0.25, 0.3) is 0 Å². The molecule has 0 saturated heterocycles. The fourth-order valence-electron chi connectivity index (χ4n) is 0.840. The highest BCUT2D eigenvalue weighted by Gasteiger charge is 2.00. The summed E-state index contributed by atoms with van der Waals surface area (Å²) in [5, 5.41) is 0. The van der Waals surface area contributed by atoms with Crippen molar-refractivity contribution in [3.8, 4) is 0 Å². The Kier molecular flexibility index (Phi) is 6.86. The highest BCUT2D eigenvalue weighted by molar-refractivity contribution is 14.1. The Bertz CT molecular complexity index is 251. The van der Waals surface area contributed by atoms with Crippen molar-refractivity contribution >= 4 is 28.4 Å². The number of benzene rings is 1. The van der Waals surface area contributed by atoms with E-state index in [4.69, 9.17) is 0 Å². The molecule has 0 heterocycles. The van der Waals surface area contributed by atoms with Gasteiger partial charge in [-0.05, 0) is 34.7 Å². The molecule has 0 aliphatic carbocycles. The molecule has 0 spiro atoms. The molecule has 0 bridgehead atoms. The first-order valence-corrected chi connectivity index (χ1v) is 5.60. The molecule has 72 valence electrons. The van der Waals surface area contributed by atoms with Gasteiger partial charge < -0.3 is 0 Å². The fourth-order valence-corrected chi connectivity index (χ4v) is 1.20. The first-order chi connectivity index (χ1) is 6.24. The second kappa shape index (κ2) is 7.06. The molecule has 0 unspecified atom stereocenters. The minimum absolute atomic E-state index is 0.210. The summed E-state index contributed by atoms with van der Waals surface area (Å²) in [6.07, 6.45) is 0.584. The summed E-state index contributed by atoms with van der Waals surface area (Å²) in [6, 6.07) is 7.63. The van der Waals surface area contributed by atoms with E-state index in [1.54, 1.807) is 0 Å². The van der Waals surface area contributed by atoms with Crippen LogP contribution >= 0.6 is 22.6 Å². The highest BCUT2D eigenvalue weighted by atomic mass is 127. The monoisotopic (exact) mass is 290 g/mol. The predicted octanol–water partition coefficient (Wildman–Crippen LogP) is 3.91. The van der Waals surface area contributed by atoms with Gasteiger partial charge in [0.25, 0.3) is 0 Å². The van der Waals surface area contributed by atoms with Crippen LogP contribution in [0.4, 0.5) is 0 Å². The van der Waals surface area contributed by atoms with Crippen molar-refractivity contribution < 1.29 is 4.79 Å². The number of carbonyl (C=O) groups excluding carboxylic acids is 1. The highest BCUT2D eigenvalue weighted by Crippen LogP contribution is 2.08. The van der Waals surface area contributed by atoms with E-state index in [1.165, 1.54) is 0 Å². The zero-order chi connectivity index (χ0) is 10.3. The van der Waals surface area contributed by atoms with Gasteiger partial charge in [0.1, 0.15) is 0 Å². The van der Waals surface area contributed by atoms with Gasteiger partial charge in [0.15, 0.2) is 5.78 Å². The van der Waals surface area contributed by atoms with Crippen LogP contribution in [-0.4, -0.2) is 5.78 Å². The first kappa shape index (κ1) is 12.6. The van der Waals surface area contributed by atoms with E-state index in [0.717, 1.165) is 9.13 Å². The molecule has 1 aromatic carbocycles. The minimum atomic E-state index is 0.210. The van der Waals surface area contributed by atoms with Gasteiger partial charge >= 0.3 is 0 Å². The zero-order valence-corrected chi connectivity index (χ0v) is 10.5. The largest absolute Gasteiger partial charge is 0.294 e. The van der Waals surface area contributed by atoms with Gasteiger partial charge in [0.2, 0.25) is 0 Å². The van der Waals surface area contributed by atoms with Gasteiger partial charge in [-0.3, -0.25) is 4.79 Å². The Morgan fingerprint density at radius 2 is 1.69 bits per heavy atom. The fraction of sp³-hybridized carbons (Fsp3) is 0.364. The number of ketones is 1. The lowest BCUT2D eigenvalue weighted by Gasteiger charge is -1.96. The summed E-state index contributed by atoms with van der Waals surface area (Å²) < 4.78 is 1.16. The average Bonchev–Trinajstić information content (AvgIpc) is 2.21. The average molecular weight is 290 g/mol. The lowest BCUT2D eigenvalue weighted by atomic mass is 10.1.